The van der Waals surface area contributed by atoms with Gasteiger partial charge < -0.3 is 10.6 Å². The van der Waals surface area contributed by atoms with Gasteiger partial charge in [-0.1, -0.05) is 44.2 Å². The van der Waals surface area contributed by atoms with Gasteiger partial charge in [0, 0.05) is 12.1 Å². The van der Waals surface area contributed by atoms with E-state index in [0.717, 1.165) is 12.8 Å². The van der Waals surface area contributed by atoms with Crippen LogP contribution >= 0.6 is 0 Å². The maximum Gasteiger partial charge on any atom is 0.292 e. The second-order valence-electron chi connectivity index (χ2n) is 6.19. The molecule has 0 saturated heterocycles. The molecule has 0 heterocycles. The Morgan fingerprint density at radius 1 is 1.17 bits per heavy atom. The van der Waals surface area contributed by atoms with E-state index in [1.54, 1.807) is 18.2 Å². The number of benzene rings is 1. The molecule has 1 aromatic rings. The Bertz CT molecular complexity index is 540. The van der Waals surface area contributed by atoms with Gasteiger partial charge in [0.2, 0.25) is 5.91 Å². The van der Waals surface area contributed by atoms with Gasteiger partial charge in [-0.25, -0.2) is 0 Å². The van der Waals surface area contributed by atoms with Crippen molar-refractivity contribution in [1.29, 1.82) is 0 Å². The predicted molar refractivity (Wildman–Crippen MR) is 90.4 cm³/mol. The molecule has 1 saturated carbocycles. The van der Waals surface area contributed by atoms with Gasteiger partial charge in [-0.3, -0.25) is 14.9 Å². The number of nitro groups is 1. The number of anilines is 1. The van der Waals surface area contributed by atoms with Crippen LogP contribution < -0.4 is 10.6 Å². The molecular formula is C17H25N3O3. The van der Waals surface area contributed by atoms with Gasteiger partial charge in [0.15, 0.2) is 0 Å². The van der Waals surface area contributed by atoms with E-state index in [9.17, 15) is 14.9 Å². The Morgan fingerprint density at radius 2 is 1.78 bits per heavy atom. The normalized spacial score (nSPS) is 17.8. The molecule has 1 fully saturated rings. The van der Waals surface area contributed by atoms with Gasteiger partial charge in [-0.05, 0) is 25.8 Å². The van der Waals surface area contributed by atoms with Crippen LogP contribution in [0.3, 0.4) is 0 Å². The van der Waals surface area contributed by atoms with Crippen LogP contribution in [0, 0.1) is 10.1 Å². The maximum absolute atomic E-state index is 12.3. The number of hydrogen-bond donors (Lipinski definition) is 2. The molecular weight excluding hydrogens is 294 g/mol. The first-order valence-electron chi connectivity index (χ1n) is 8.38. The standard InChI is InChI=1S/C17H25N3O3/c1-13(18-14-9-5-3-2-4-6-10-14)17(21)19-15-11-7-8-12-16(15)20(22)23/h7-8,11-14,18H,2-6,9-10H2,1H3,(H,19,21)/t13-/m1/s1. The molecule has 1 aliphatic rings. The third kappa shape index (κ3) is 5.32. The predicted octanol–water partition coefficient (Wildman–Crippen LogP) is 3.62. The van der Waals surface area contributed by atoms with E-state index in [4.69, 9.17) is 0 Å². The lowest BCUT2D eigenvalue weighted by Crippen LogP contribution is -2.44. The van der Waals surface area contributed by atoms with Crippen molar-refractivity contribution in [2.24, 2.45) is 0 Å². The summed E-state index contributed by atoms with van der Waals surface area (Å²) in [4.78, 5) is 22.8. The first kappa shape index (κ1) is 17.4. The van der Waals surface area contributed by atoms with Crippen molar-refractivity contribution < 1.29 is 9.72 Å². The first-order chi connectivity index (χ1) is 11.1. The molecule has 0 aliphatic heterocycles. The largest absolute Gasteiger partial charge is 0.319 e. The minimum absolute atomic E-state index is 0.0843. The zero-order chi connectivity index (χ0) is 16.7. The number of nitrogens with one attached hydrogen (secondary N) is 2. The van der Waals surface area contributed by atoms with Crippen LogP contribution in [0.1, 0.15) is 51.9 Å². The molecule has 0 spiro atoms. The quantitative estimate of drug-likeness (QED) is 0.641. The van der Waals surface area contributed by atoms with Gasteiger partial charge in [0.1, 0.15) is 5.69 Å². The zero-order valence-electron chi connectivity index (χ0n) is 13.6. The van der Waals surface area contributed by atoms with E-state index < -0.39 is 4.92 Å². The molecule has 1 amide bonds. The van der Waals surface area contributed by atoms with Crippen molar-refractivity contribution in [3.05, 3.63) is 34.4 Å². The lowest BCUT2D eigenvalue weighted by molar-refractivity contribution is -0.383. The number of rotatable bonds is 5. The number of carbonyl (C=O) groups excluding carboxylic acids is 1. The van der Waals surface area contributed by atoms with Crippen LogP contribution in [0.4, 0.5) is 11.4 Å². The summed E-state index contributed by atoms with van der Waals surface area (Å²) in [5.74, 6) is -0.235. The van der Waals surface area contributed by atoms with E-state index >= 15 is 0 Å². The Hall–Kier alpha value is -1.95. The average Bonchev–Trinajstić information content (AvgIpc) is 2.50. The topological polar surface area (TPSA) is 84.3 Å². The van der Waals surface area contributed by atoms with E-state index in [-0.39, 0.29) is 23.3 Å². The zero-order valence-corrected chi connectivity index (χ0v) is 13.6. The van der Waals surface area contributed by atoms with Crippen LogP contribution in [0.2, 0.25) is 0 Å². The van der Waals surface area contributed by atoms with Crippen LogP contribution in [0.15, 0.2) is 24.3 Å². The number of nitrogens with zero attached hydrogens (tertiary/aromatic N) is 1. The molecule has 6 heteroatoms. The smallest absolute Gasteiger partial charge is 0.292 e. The third-order valence-electron chi connectivity index (χ3n) is 4.34. The summed E-state index contributed by atoms with van der Waals surface area (Å²) in [6.45, 7) is 1.81. The lowest BCUT2D eigenvalue weighted by Gasteiger charge is -2.24. The fourth-order valence-electron chi connectivity index (χ4n) is 3.03. The van der Waals surface area contributed by atoms with Crippen LogP contribution in [-0.2, 0) is 4.79 Å². The lowest BCUT2D eigenvalue weighted by atomic mass is 9.96. The first-order valence-corrected chi connectivity index (χ1v) is 8.38. The molecule has 6 nitrogen and oxygen atoms in total. The molecule has 1 atom stereocenters. The molecule has 2 N–H and O–H groups in total. The monoisotopic (exact) mass is 319 g/mol. The van der Waals surface area contributed by atoms with E-state index in [2.05, 4.69) is 10.6 Å². The number of para-hydroxylation sites is 2. The summed E-state index contributed by atoms with van der Waals surface area (Å²) in [7, 11) is 0. The SMILES string of the molecule is C[C@@H](NC1CCCCCCC1)C(=O)Nc1ccccc1[N+](=O)[O-]. The summed E-state index contributed by atoms with van der Waals surface area (Å²) < 4.78 is 0. The fraction of sp³-hybridized carbons (Fsp3) is 0.588. The highest BCUT2D eigenvalue weighted by molar-refractivity contribution is 5.96. The number of carbonyl (C=O) groups is 1. The molecule has 0 aromatic heterocycles. The highest BCUT2D eigenvalue weighted by Crippen LogP contribution is 2.23. The fourth-order valence-corrected chi connectivity index (χ4v) is 3.03. The summed E-state index contributed by atoms with van der Waals surface area (Å²) in [6.07, 6.45) is 8.38. The number of amides is 1. The van der Waals surface area contributed by atoms with Gasteiger partial charge >= 0.3 is 0 Å². The van der Waals surface area contributed by atoms with Crippen LogP contribution in [0.5, 0.6) is 0 Å². The highest BCUT2D eigenvalue weighted by atomic mass is 16.6. The summed E-state index contributed by atoms with van der Waals surface area (Å²) >= 11 is 0. The van der Waals surface area contributed by atoms with Crippen molar-refractivity contribution in [1.82, 2.24) is 5.32 Å². The molecule has 2 rings (SSSR count). The molecule has 126 valence electrons. The van der Waals surface area contributed by atoms with Gasteiger partial charge in [0.25, 0.3) is 5.69 Å². The Morgan fingerprint density at radius 3 is 2.43 bits per heavy atom. The summed E-state index contributed by atoms with van der Waals surface area (Å²) in [5.41, 5.74) is 0.160. The van der Waals surface area contributed by atoms with E-state index in [0.29, 0.717) is 6.04 Å². The average molecular weight is 319 g/mol. The Balaban J connectivity index is 1.93. The third-order valence-corrected chi connectivity index (χ3v) is 4.34. The highest BCUT2D eigenvalue weighted by Gasteiger charge is 2.21. The van der Waals surface area contributed by atoms with Gasteiger partial charge in [0.05, 0.1) is 11.0 Å². The minimum atomic E-state index is -0.484. The van der Waals surface area contributed by atoms with Crippen molar-refractivity contribution in [3.63, 3.8) is 0 Å². The van der Waals surface area contributed by atoms with E-state index in [1.807, 2.05) is 6.92 Å². The maximum atomic E-state index is 12.3. The Kier molecular flexibility index (Phi) is 6.52. The van der Waals surface area contributed by atoms with Crippen LogP contribution in [0.25, 0.3) is 0 Å². The Labute approximate surface area is 136 Å². The van der Waals surface area contributed by atoms with Crippen molar-refractivity contribution >= 4 is 17.3 Å². The second-order valence-corrected chi connectivity index (χ2v) is 6.19. The van der Waals surface area contributed by atoms with E-state index in [1.165, 1.54) is 38.2 Å². The molecule has 1 aromatic carbocycles. The minimum Gasteiger partial charge on any atom is -0.319 e. The molecule has 1 aliphatic carbocycles. The molecule has 0 unspecified atom stereocenters. The number of hydrogen-bond acceptors (Lipinski definition) is 4. The van der Waals surface area contributed by atoms with Crippen molar-refractivity contribution in [2.45, 2.75) is 64.0 Å². The second kappa shape index (κ2) is 8.62. The molecule has 0 radical (unpaired) electrons. The van der Waals surface area contributed by atoms with Crippen molar-refractivity contribution in [2.75, 3.05) is 5.32 Å². The number of nitro benzene ring substituents is 1. The molecule has 0 bridgehead atoms. The van der Waals surface area contributed by atoms with Gasteiger partial charge in [-0.15, -0.1) is 0 Å². The molecule has 23 heavy (non-hydrogen) atoms. The van der Waals surface area contributed by atoms with Crippen molar-refractivity contribution in [3.8, 4) is 0 Å². The summed E-state index contributed by atoms with van der Waals surface area (Å²) in [5, 5.41) is 17.0. The summed E-state index contributed by atoms with van der Waals surface area (Å²) in [6, 6.07) is 6.18. The van der Waals surface area contributed by atoms with Gasteiger partial charge in [-0.2, -0.15) is 0 Å². The van der Waals surface area contributed by atoms with Crippen LogP contribution in [-0.4, -0.2) is 22.9 Å².